The van der Waals surface area contributed by atoms with Gasteiger partial charge < -0.3 is 9.47 Å². The topological polar surface area (TPSA) is 38.8 Å². The quantitative estimate of drug-likeness (QED) is 0.626. The maximum atomic E-state index is 13.5. The summed E-state index contributed by atoms with van der Waals surface area (Å²) < 4.78 is 13.2. The fourth-order valence-corrected chi connectivity index (χ4v) is 9.47. The minimum Gasteiger partial charge on any atom is -0.361 e. The zero-order valence-electron chi connectivity index (χ0n) is 15.7. The van der Waals surface area contributed by atoms with E-state index in [4.69, 9.17) is 9.47 Å². The number of ether oxygens (including phenoxy) is 2. The monoisotopic (exact) mass is 355 g/mol. The number of hydrogen-bond acceptors (Lipinski definition) is 4. The number of carbonyl (C=O) groups excluding carboxylic acids is 1. The minimum absolute atomic E-state index is 0.105. The molecule has 9 fully saturated rings. The Hall–Kier alpha value is -0.710. The highest BCUT2D eigenvalue weighted by Crippen LogP contribution is 2.78. The Kier molecular flexibility index (Phi) is 2.53. The second-order valence-corrected chi connectivity index (χ2v) is 10.6. The summed E-state index contributed by atoms with van der Waals surface area (Å²) in [5, 5.41) is 0. The van der Waals surface area contributed by atoms with E-state index in [-0.39, 0.29) is 34.8 Å². The predicted octanol–water partition coefficient (Wildman–Crippen LogP) is 3.12. The average molecular weight is 355 g/mol. The van der Waals surface area contributed by atoms with Gasteiger partial charge in [0.05, 0.1) is 18.1 Å². The van der Waals surface area contributed by atoms with Gasteiger partial charge in [-0.05, 0) is 61.9 Å². The van der Waals surface area contributed by atoms with E-state index in [1.807, 2.05) is 0 Å². The average Bonchev–Trinajstić information content (AvgIpc) is 3.14. The second kappa shape index (κ2) is 4.31. The molecule has 0 amide bonds. The first-order valence-corrected chi connectivity index (χ1v) is 10.8. The van der Waals surface area contributed by atoms with Crippen LogP contribution in [0.2, 0.25) is 0 Å². The largest absolute Gasteiger partial charge is 0.361 e. The Morgan fingerprint density at radius 1 is 1.15 bits per heavy atom. The molecule has 5 aliphatic carbocycles. The molecule has 7 bridgehead atoms. The van der Waals surface area contributed by atoms with Crippen molar-refractivity contribution in [2.45, 2.75) is 70.4 Å². The number of Topliss-reactive ketones (excluding diaryl/α,β-unsaturated/α-hetero) is 1. The number of allylic oxidation sites excluding steroid dienone is 1. The van der Waals surface area contributed by atoms with E-state index in [1.54, 1.807) is 0 Å². The molecule has 4 aliphatic heterocycles. The van der Waals surface area contributed by atoms with Crippen molar-refractivity contribution < 1.29 is 14.3 Å². The summed E-state index contributed by atoms with van der Waals surface area (Å²) in [6, 6.07) is 0. The predicted molar refractivity (Wildman–Crippen MR) is 95.0 cm³/mol. The fourth-order valence-electron chi connectivity index (χ4n) is 9.47. The number of rotatable bonds is 0. The third-order valence-electron chi connectivity index (χ3n) is 10.2. The molecule has 0 radical (unpaired) electrons. The third-order valence-corrected chi connectivity index (χ3v) is 10.2. The van der Waals surface area contributed by atoms with Gasteiger partial charge in [0.25, 0.3) is 0 Å². The lowest BCUT2D eigenvalue weighted by atomic mass is 9.32. The molecule has 0 aromatic carbocycles. The van der Waals surface area contributed by atoms with Crippen LogP contribution < -0.4 is 0 Å². The zero-order valence-corrected chi connectivity index (χ0v) is 15.7. The van der Waals surface area contributed by atoms with Crippen molar-refractivity contribution in [2.75, 3.05) is 13.2 Å². The molecule has 2 spiro atoms. The molecular formula is C22H29NO3. The van der Waals surface area contributed by atoms with Crippen LogP contribution >= 0.6 is 0 Å². The van der Waals surface area contributed by atoms with Gasteiger partial charge in [0.15, 0.2) is 5.78 Å². The first kappa shape index (κ1) is 15.2. The normalized spacial score (nSPS) is 62.3. The zero-order chi connectivity index (χ0) is 17.5. The SMILES string of the molecule is C=C1C(=O)[C@]23CC[C@H]1CC2[C@@]12CCC[C@@]4(C)C5OCCN5[C@@H]1O[C@@H]3CC42. The summed E-state index contributed by atoms with van der Waals surface area (Å²) in [7, 11) is 0. The van der Waals surface area contributed by atoms with Crippen LogP contribution in [0.3, 0.4) is 0 Å². The van der Waals surface area contributed by atoms with Gasteiger partial charge in [0, 0.05) is 17.4 Å². The number of ketones is 1. The van der Waals surface area contributed by atoms with Crippen LogP contribution in [0.15, 0.2) is 12.2 Å². The molecule has 4 heterocycles. The molecule has 9 rings (SSSR count). The van der Waals surface area contributed by atoms with E-state index < -0.39 is 0 Å². The van der Waals surface area contributed by atoms with Gasteiger partial charge in [0.1, 0.15) is 12.5 Å². The fraction of sp³-hybridized carbons (Fsp3) is 0.864. The molecule has 4 nitrogen and oxygen atoms in total. The maximum Gasteiger partial charge on any atom is 0.167 e. The van der Waals surface area contributed by atoms with Crippen LogP contribution in [0.4, 0.5) is 0 Å². The van der Waals surface area contributed by atoms with E-state index >= 15 is 0 Å². The van der Waals surface area contributed by atoms with Crippen molar-refractivity contribution in [3.8, 4) is 0 Å². The van der Waals surface area contributed by atoms with Gasteiger partial charge in [-0.15, -0.1) is 0 Å². The van der Waals surface area contributed by atoms with Crippen LogP contribution in [0.25, 0.3) is 0 Å². The van der Waals surface area contributed by atoms with Crippen molar-refractivity contribution >= 4 is 5.78 Å². The molecular weight excluding hydrogens is 326 g/mol. The molecule has 0 N–H and O–H groups in total. The van der Waals surface area contributed by atoms with Crippen LogP contribution in [0, 0.1) is 34.0 Å². The van der Waals surface area contributed by atoms with Crippen LogP contribution in [0.5, 0.6) is 0 Å². The van der Waals surface area contributed by atoms with Gasteiger partial charge in [0.2, 0.25) is 0 Å². The van der Waals surface area contributed by atoms with Gasteiger partial charge >= 0.3 is 0 Å². The van der Waals surface area contributed by atoms with Crippen molar-refractivity contribution in [1.29, 1.82) is 0 Å². The molecule has 0 aromatic rings. The van der Waals surface area contributed by atoms with E-state index in [9.17, 15) is 4.79 Å². The molecule has 5 saturated carbocycles. The number of fused-ring (bicyclic) bond motifs is 4. The first-order chi connectivity index (χ1) is 12.5. The first-order valence-electron chi connectivity index (χ1n) is 10.8. The van der Waals surface area contributed by atoms with Gasteiger partial charge in [-0.25, -0.2) is 4.90 Å². The number of nitrogens with zero attached hydrogens (tertiary/aromatic N) is 1. The summed E-state index contributed by atoms with van der Waals surface area (Å²) in [5.74, 6) is 1.98. The maximum absolute atomic E-state index is 13.5. The third kappa shape index (κ3) is 1.27. The van der Waals surface area contributed by atoms with E-state index in [0.29, 0.717) is 23.5 Å². The molecule has 3 unspecified atom stereocenters. The summed E-state index contributed by atoms with van der Waals surface area (Å²) in [5.41, 5.74) is 1.07. The highest BCUT2D eigenvalue weighted by molar-refractivity contribution is 6.02. The van der Waals surface area contributed by atoms with Gasteiger partial charge in [-0.2, -0.15) is 0 Å². The van der Waals surface area contributed by atoms with Crippen molar-refractivity contribution in [3.63, 3.8) is 0 Å². The molecule has 26 heavy (non-hydrogen) atoms. The summed E-state index contributed by atoms with van der Waals surface area (Å²) in [6.45, 7) is 8.55. The molecule has 9 aliphatic rings. The van der Waals surface area contributed by atoms with Crippen molar-refractivity contribution in [1.82, 2.24) is 4.90 Å². The lowest BCUT2D eigenvalue weighted by molar-refractivity contribution is -0.404. The lowest BCUT2D eigenvalue weighted by Gasteiger charge is -2.78. The van der Waals surface area contributed by atoms with Crippen molar-refractivity contribution in [2.24, 2.45) is 34.0 Å². The highest BCUT2D eigenvalue weighted by Gasteiger charge is 2.81. The Labute approximate surface area is 155 Å². The Balaban J connectivity index is 1.46. The van der Waals surface area contributed by atoms with Crippen molar-refractivity contribution in [3.05, 3.63) is 12.2 Å². The molecule has 9 atom stereocenters. The highest BCUT2D eigenvalue weighted by atomic mass is 16.6. The number of carbonyl (C=O) groups is 1. The second-order valence-electron chi connectivity index (χ2n) is 10.6. The molecule has 4 heteroatoms. The smallest absolute Gasteiger partial charge is 0.167 e. The summed E-state index contributed by atoms with van der Waals surface area (Å²) >= 11 is 0. The lowest BCUT2D eigenvalue weighted by Crippen LogP contribution is -2.82. The number of piperidine rings is 1. The molecule has 140 valence electrons. The van der Waals surface area contributed by atoms with E-state index in [1.165, 1.54) is 25.7 Å². The Bertz CT molecular complexity index is 750. The minimum atomic E-state index is -0.246. The Morgan fingerprint density at radius 3 is 2.92 bits per heavy atom. The van der Waals surface area contributed by atoms with Crippen LogP contribution in [-0.2, 0) is 14.3 Å². The van der Waals surface area contributed by atoms with Crippen LogP contribution in [0.1, 0.15) is 51.9 Å². The van der Waals surface area contributed by atoms with Crippen LogP contribution in [-0.4, -0.2) is 42.4 Å². The molecule has 0 aromatic heterocycles. The summed E-state index contributed by atoms with van der Waals surface area (Å²) in [4.78, 5) is 16.1. The van der Waals surface area contributed by atoms with Gasteiger partial charge in [-0.3, -0.25) is 4.79 Å². The number of hydrogen-bond donors (Lipinski definition) is 0. The van der Waals surface area contributed by atoms with E-state index in [2.05, 4.69) is 18.4 Å². The molecule has 4 saturated heterocycles. The van der Waals surface area contributed by atoms with E-state index in [0.717, 1.165) is 38.0 Å². The standard InChI is InChI=1S/C22H29NO3/c1-12-13-4-7-22(17(12)24)15(10-13)21-6-3-5-20(2)14(21)11-16(22)26-19(21)23-8-9-25-18(20)23/h13-16,18-19H,1,3-11H2,2H3/t13-,14?,15?,16+,18?,19+,20+,21-,22+/m0/s1. The summed E-state index contributed by atoms with van der Waals surface area (Å²) in [6.07, 6.45) is 8.74. The Morgan fingerprint density at radius 2 is 2.04 bits per heavy atom. The van der Waals surface area contributed by atoms with Gasteiger partial charge in [-0.1, -0.05) is 19.9 Å².